The average Bonchev–Trinajstić information content (AvgIpc) is 2.60. The minimum Gasteiger partial charge on any atom is -0.383 e. The van der Waals surface area contributed by atoms with E-state index >= 15 is 0 Å². The topological polar surface area (TPSA) is 93.1 Å². The molecule has 5 N–H and O–H groups in total. The first kappa shape index (κ1) is 10.9. The number of nitrogens with one attached hydrogen (secondary N) is 1. The van der Waals surface area contributed by atoms with Crippen molar-refractivity contribution in [2.75, 3.05) is 43.5 Å². The molecule has 1 fully saturated rings. The number of nitrogen functional groups attached to an aromatic ring is 2. The normalized spacial score (nSPS) is 21.2. The second kappa shape index (κ2) is 4.52. The molecule has 1 atom stereocenters. The van der Waals surface area contributed by atoms with E-state index in [2.05, 4.69) is 27.2 Å². The number of rotatable bonds is 3. The van der Waals surface area contributed by atoms with Crippen molar-refractivity contribution in [2.45, 2.75) is 6.42 Å². The molecular weight excluding hydrogens is 204 g/mol. The maximum absolute atomic E-state index is 5.59. The van der Waals surface area contributed by atoms with Crippen LogP contribution in [0.3, 0.4) is 0 Å². The van der Waals surface area contributed by atoms with E-state index in [0.717, 1.165) is 13.1 Å². The summed E-state index contributed by atoms with van der Waals surface area (Å²) in [5, 5.41) is 3.25. The summed E-state index contributed by atoms with van der Waals surface area (Å²) in [6, 6.07) is 1.70. The van der Waals surface area contributed by atoms with E-state index in [1.807, 2.05) is 0 Å². The molecule has 2 heterocycles. The molecule has 0 saturated carbocycles. The van der Waals surface area contributed by atoms with E-state index in [1.165, 1.54) is 13.0 Å². The fourth-order valence-corrected chi connectivity index (χ4v) is 2.02. The van der Waals surface area contributed by atoms with Gasteiger partial charge in [-0.15, -0.1) is 0 Å². The summed E-state index contributed by atoms with van der Waals surface area (Å²) in [5.41, 5.74) is 11.1. The quantitative estimate of drug-likeness (QED) is 0.667. The predicted molar refractivity (Wildman–Crippen MR) is 65.0 cm³/mol. The van der Waals surface area contributed by atoms with Gasteiger partial charge in [0.15, 0.2) is 0 Å². The molecule has 1 aliphatic rings. The molecule has 88 valence electrons. The standard InChI is InChI=1S/C10H18N6/c1-16-3-2-7(6-16)5-13-9-4-8(11)14-10(12)15-9/h4,7H,2-3,5-6H2,1H3,(H5,11,12,13,14,15). The number of likely N-dealkylation sites (tertiary alicyclic amines) is 1. The van der Waals surface area contributed by atoms with Gasteiger partial charge in [0, 0.05) is 19.2 Å². The van der Waals surface area contributed by atoms with E-state index in [1.54, 1.807) is 6.07 Å². The van der Waals surface area contributed by atoms with E-state index in [-0.39, 0.29) is 5.95 Å². The van der Waals surface area contributed by atoms with Gasteiger partial charge in [-0.1, -0.05) is 0 Å². The molecule has 1 aromatic heterocycles. The molecule has 0 amide bonds. The summed E-state index contributed by atoms with van der Waals surface area (Å²) in [6.45, 7) is 3.20. The third-order valence-electron chi connectivity index (χ3n) is 2.82. The molecular formula is C10H18N6. The third-order valence-corrected chi connectivity index (χ3v) is 2.82. The van der Waals surface area contributed by atoms with Crippen LogP contribution >= 0.6 is 0 Å². The number of hydrogen-bond acceptors (Lipinski definition) is 6. The van der Waals surface area contributed by atoms with Gasteiger partial charge in [-0.3, -0.25) is 0 Å². The van der Waals surface area contributed by atoms with E-state index in [0.29, 0.717) is 17.6 Å². The summed E-state index contributed by atoms with van der Waals surface area (Å²) in [6.07, 6.45) is 1.22. The van der Waals surface area contributed by atoms with Crippen molar-refractivity contribution in [3.63, 3.8) is 0 Å². The fraction of sp³-hybridized carbons (Fsp3) is 0.600. The van der Waals surface area contributed by atoms with Gasteiger partial charge < -0.3 is 21.7 Å². The molecule has 1 saturated heterocycles. The van der Waals surface area contributed by atoms with Crippen molar-refractivity contribution in [1.29, 1.82) is 0 Å². The van der Waals surface area contributed by atoms with Crippen LogP contribution in [0.15, 0.2) is 6.07 Å². The van der Waals surface area contributed by atoms with Crippen molar-refractivity contribution in [3.8, 4) is 0 Å². The van der Waals surface area contributed by atoms with Crippen molar-refractivity contribution >= 4 is 17.6 Å². The molecule has 0 radical (unpaired) electrons. The highest BCUT2D eigenvalue weighted by atomic mass is 15.1. The van der Waals surface area contributed by atoms with E-state index in [9.17, 15) is 0 Å². The summed E-state index contributed by atoms with van der Waals surface area (Å²) in [5.74, 6) is 1.99. The Bertz CT molecular complexity index is 346. The third kappa shape index (κ3) is 2.73. The van der Waals surface area contributed by atoms with Crippen molar-refractivity contribution in [3.05, 3.63) is 6.07 Å². The van der Waals surface area contributed by atoms with Crippen LogP contribution in [-0.4, -0.2) is 41.5 Å². The molecule has 0 aromatic carbocycles. The minimum atomic E-state index is 0.214. The number of aromatic nitrogens is 2. The highest BCUT2D eigenvalue weighted by molar-refractivity contribution is 5.48. The Labute approximate surface area is 95.0 Å². The highest BCUT2D eigenvalue weighted by Gasteiger charge is 2.18. The summed E-state index contributed by atoms with van der Waals surface area (Å²) in [4.78, 5) is 10.2. The lowest BCUT2D eigenvalue weighted by Crippen LogP contribution is -2.19. The molecule has 16 heavy (non-hydrogen) atoms. The van der Waals surface area contributed by atoms with Crippen LogP contribution < -0.4 is 16.8 Å². The van der Waals surface area contributed by atoms with Crippen molar-refractivity contribution in [1.82, 2.24) is 14.9 Å². The Hall–Kier alpha value is -1.56. The van der Waals surface area contributed by atoms with E-state index in [4.69, 9.17) is 11.5 Å². The lowest BCUT2D eigenvalue weighted by atomic mass is 10.1. The zero-order valence-corrected chi connectivity index (χ0v) is 9.48. The van der Waals surface area contributed by atoms with Crippen molar-refractivity contribution in [2.24, 2.45) is 5.92 Å². The molecule has 2 rings (SSSR count). The van der Waals surface area contributed by atoms with Gasteiger partial charge in [0.05, 0.1) is 0 Å². The van der Waals surface area contributed by atoms with Gasteiger partial charge in [-0.25, -0.2) is 0 Å². The summed E-state index contributed by atoms with van der Waals surface area (Å²) in [7, 11) is 2.14. The fourth-order valence-electron chi connectivity index (χ4n) is 2.02. The summed E-state index contributed by atoms with van der Waals surface area (Å²) >= 11 is 0. The Balaban J connectivity index is 1.89. The lowest BCUT2D eigenvalue weighted by Gasteiger charge is -2.12. The van der Waals surface area contributed by atoms with Gasteiger partial charge in [0.1, 0.15) is 11.6 Å². The molecule has 0 aliphatic carbocycles. The first-order chi connectivity index (χ1) is 7.63. The van der Waals surface area contributed by atoms with Crippen molar-refractivity contribution < 1.29 is 0 Å². The van der Waals surface area contributed by atoms with Gasteiger partial charge in [0.2, 0.25) is 5.95 Å². The molecule has 1 unspecified atom stereocenters. The number of nitrogens with zero attached hydrogens (tertiary/aromatic N) is 3. The lowest BCUT2D eigenvalue weighted by molar-refractivity contribution is 0.399. The minimum absolute atomic E-state index is 0.214. The number of hydrogen-bond donors (Lipinski definition) is 3. The van der Waals surface area contributed by atoms with Gasteiger partial charge in [-0.05, 0) is 25.9 Å². The molecule has 0 bridgehead atoms. The second-order valence-electron chi connectivity index (χ2n) is 4.33. The maximum atomic E-state index is 5.59. The van der Waals surface area contributed by atoms with Crippen LogP contribution in [0.5, 0.6) is 0 Å². The maximum Gasteiger partial charge on any atom is 0.223 e. The largest absolute Gasteiger partial charge is 0.383 e. The first-order valence-corrected chi connectivity index (χ1v) is 5.46. The van der Waals surface area contributed by atoms with E-state index < -0.39 is 0 Å². The Morgan fingerprint density at radius 3 is 2.94 bits per heavy atom. The Kier molecular flexibility index (Phi) is 3.09. The number of anilines is 3. The molecule has 1 aromatic rings. The first-order valence-electron chi connectivity index (χ1n) is 5.46. The smallest absolute Gasteiger partial charge is 0.223 e. The van der Waals surface area contributed by atoms with Crippen LogP contribution in [0, 0.1) is 5.92 Å². The van der Waals surface area contributed by atoms with Gasteiger partial charge >= 0.3 is 0 Å². The monoisotopic (exact) mass is 222 g/mol. The highest BCUT2D eigenvalue weighted by Crippen LogP contribution is 2.16. The average molecular weight is 222 g/mol. The zero-order chi connectivity index (χ0) is 11.5. The molecule has 6 heteroatoms. The number of nitrogens with two attached hydrogens (primary N) is 2. The van der Waals surface area contributed by atoms with Gasteiger partial charge in [-0.2, -0.15) is 9.97 Å². The van der Waals surface area contributed by atoms with Gasteiger partial charge in [0.25, 0.3) is 0 Å². The Morgan fingerprint density at radius 1 is 1.50 bits per heavy atom. The van der Waals surface area contributed by atoms with Crippen LogP contribution in [0.1, 0.15) is 6.42 Å². The SMILES string of the molecule is CN1CCC(CNc2cc(N)nc(N)n2)C1. The molecule has 0 spiro atoms. The Morgan fingerprint density at radius 2 is 2.31 bits per heavy atom. The van der Waals surface area contributed by atoms with Crippen LogP contribution in [0.4, 0.5) is 17.6 Å². The second-order valence-corrected chi connectivity index (χ2v) is 4.33. The molecule has 1 aliphatic heterocycles. The molecule has 6 nitrogen and oxygen atoms in total. The van der Waals surface area contributed by atoms with Crippen LogP contribution in [-0.2, 0) is 0 Å². The van der Waals surface area contributed by atoms with Crippen LogP contribution in [0.2, 0.25) is 0 Å². The zero-order valence-electron chi connectivity index (χ0n) is 9.48. The van der Waals surface area contributed by atoms with Crippen LogP contribution in [0.25, 0.3) is 0 Å². The summed E-state index contributed by atoms with van der Waals surface area (Å²) < 4.78 is 0. The predicted octanol–water partition coefficient (Wildman–Crippen LogP) is 0.00460.